The van der Waals surface area contributed by atoms with E-state index in [1.165, 1.54) is 110 Å². The van der Waals surface area contributed by atoms with Gasteiger partial charge >= 0.3 is 0 Å². The van der Waals surface area contributed by atoms with Crippen LogP contribution in [0.5, 0.6) is 0 Å². The van der Waals surface area contributed by atoms with Gasteiger partial charge in [0.25, 0.3) is 0 Å². The molecule has 0 N–H and O–H groups in total. The highest BCUT2D eigenvalue weighted by atomic mass is 14.9. The van der Waals surface area contributed by atoms with Crippen molar-refractivity contribution < 1.29 is 0 Å². The number of rotatable bonds is 4. The molecule has 54 heavy (non-hydrogen) atoms. The molecule has 2 heterocycles. The molecule has 9 aromatic carbocycles. The zero-order chi connectivity index (χ0) is 35.9. The summed E-state index contributed by atoms with van der Waals surface area (Å²) in [6, 6.07) is 67.4. The molecule has 0 radical (unpaired) electrons. The zero-order valence-electron chi connectivity index (χ0n) is 30.2. The van der Waals surface area contributed by atoms with E-state index in [1.54, 1.807) is 0 Å². The Hall–Kier alpha value is -6.90. The molecule has 0 saturated carbocycles. The Morgan fingerprint density at radius 2 is 0.704 bits per heavy atom. The Kier molecular flexibility index (Phi) is 6.72. The van der Waals surface area contributed by atoms with Gasteiger partial charge in [0.05, 0.1) is 0 Å². The summed E-state index contributed by atoms with van der Waals surface area (Å²) in [5, 5.41) is 10.1. The number of aryl methyl sites for hydroxylation is 2. The fourth-order valence-electron chi connectivity index (χ4n) is 9.14. The van der Waals surface area contributed by atoms with Gasteiger partial charge in [0.2, 0.25) is 0 Å². The van der Waals surface area contributed by atoms with Crippen LogP contribution in [0.25, 0.3) is 110 Å². The van der Waals surface area contributed by atoms with Crippen molar-refractivity contribution >= 4 is 65.2 Å². The van der Waals surface area contributed by atoms with Crippen molar-refractivity contribution in [3.8, 4) is 44.5 Å². The van der Waals surface area contributed by atoms with Crippen LogP contribution in [0.2, 0.25) is 0 Å². The molecular formula is C52H36N2. The van der Waals surface area contributed by atoms with Crippen molar-refractivity contribution in [1.82, 2.24) is 9.13 Å². The van der Waals surface area contributed by atoms with E-state index >= 15 is 0 Å². The SMILES string of the molecule is Cn1c2ccccc2c2cc(-c3cccc4c(-c5cccc(-c6ccccc6)c5)c5cccc(-c6ccc7c(c6)c6ccccc6n7C)c5cc34)ccc21. The minimum Gasteiger partial charge on any atom is -0.344 e. The van der Waals surface area contributed by atoms with Crippen LogP contribution < -0.4 is 0 Å². The summed E-state index contributed by atoms with van der Waals surface area (Å²) in [7, 11) is 4.34. The lowest BCUT2D eigenvalue weighted by Crippen LogP contribution is -1.91. The average molecular weight is 689 g/mol. The molecular weight excluding hydrogens is 653 g/mol. The van der Waals surface area contributed by atoms with E-state index in [4.69, 9.17) is 0 Å². The van der Waals surface area contributed by atoms with Crippen LogP contribution in [0.3, 0.4) is 0 Å². The smallest absolute Gasteiger partial charge is 0.0489 e. The zero-order valence-corrected chi connectivity index (χ0v) is 30.2. The largest absolute Gasteiger partial charge is 0.344 e. The first-order valence-electron chi connectivity index (χ1n) is 18.7. The number of benzene rings is 9. The van der Waals surface area contributed by atoms with Crippen LogP contribution in [-0.2, 0) is 14.1 Å². The average Bonchev–Trinajstić information content (AvgIpc) is 3.69. The molecule has 0 saturated heterocycles. The van der Waals surface area contributed by atoms with Gasteiger partial charge in [-0.15, -0.1) is 0 Å². The van der Waals surface area contributed by atoms with E-state index in [1.807, 2.05) is 0 Å². The van der Waals surface area contributed by atoms with E-state index in [-0.39, 0.29) is 0 Å². The number of hydrogen-bond donors (Lipinski definition) is 0. The minimum absolute atomic E-state index is 1.22. The normalized spacial score (nSPS) is 11.9. The van der Waals surface area contributed by atoms with Crippen molar-refractivity contribution in [2.45, 2.75) is 0 Å². The van der Waals surface area contributed by atoms with E-state index in [2.05, 4.69) is 205 Å². The molecule has 11 aromatic rings. The molecule has 0 spiro atoms. The second-order valence-electron chi connectivity index (χ2n) is 14.6. The molecule has 0 amide bonds. The summed E-state index contributed by atoms with van der Waals surface area (Å²) in [5.74, 6) is 0. The summed E-state index contributed by atoms with van der Waals surface area (Å²) in [6.45, 7) is 0. The molecule has 0 atom stereocenters. The van der Waals surface area contributed by atoms with Crippen LogP contribution in [0.4, 0.5) is 0 Å². The maximum atomic E-state index is 2.46. The quantitative estimate of drug-likeness (QED) is 0.163. The first-order valence-corrected chi connectivity index (χ1v) is 18.7. The maximum absolute atomic E-state index is 2.46. The number of nitrogens with zero attached hydrogens (tertiary/aromatic N) is 2. The lowest BCUT2D eigenvalue weighted by atomic mass is 9.85. The Morgan fingerprint density at radius 3 is 1.28 bits per heavy atom. The summed E-state index contributed by atoms with van der Waals surface area (Å²) >= 11 is 0. The van der Waals surface area contributed by atoms with Gasteiger partial charge < -0.3 is 9.13 Å². The molecule has 0 aliphatic carbocycles. The Labute approximate surface area is 313 Å². The van der Waals surface area contributed by atoms with Crippen LogP contribution >= 0.6 is 0 Å². The van der Waals surface area contributed by atoms with Gasteiger partial charge in [0.15, 0.2) is 0 Å². The fraction of sp³-hybridized carbons (Fsp3) is 0.0385. The second-order valence-corrected chi connectivity index (χ2v) is 14.6. The minimum atomic E-state index is 1.22. The molecule has 2 heteroatoms. The molecule has 0 bridgehead atoms. The molecule has 2 nitrogen and oxygen atoms in total. The van der Waals surface area contributed by atoms with E-state index in [0.29, 0.717) is 0 Å². The fourth-order valence-corrected chi connectivity index (χ4v) is 9.14. The Bertz CT molecular complexity index is 3110. The lowest BCUT2D eigenvalue weighted by Gasteiger charge is -2.18. The third-order valence-corrected chi connectivity index (χ3v) is 11.7. The van der Waals surface area contributed by atoms with Gasteiger partial charge in [0, 0.05) is 57.7 Å². The third kappa shape index (κ3) is 4.53. The van der Waals surface area contributed by atoms with Gasteiger partial charge in [-0.25, -0.2) is 0 Å². The molecule has 254 valence electrons. The van der Waals surface area contributed by atoms with Gasteiger partial charge in [-0.1, -0.05) is 133 Å². The maximum Gasteiger partial charge on any atom is 0.0489 e. The van der Waals surface area contributed by atoms with Gasteiger partial charge in [-0.05, 0) is 115 Å². The molecule has 0 aliphatic heterocycles. The van der Waals surface area contributed by atoms with Crippen LogP contribution in [0.1, 0.15) is 0 Å². The van der Waals surface area contributed by atoms with Gasteiger partial charge in [-0.3, -0.25) is 0 Å². The highest BCUT2D eigenvalue weighted by Crippen LogP contribution is 2.45. The lowest BCUT2D eigenvalue weighted by molar-refractivity contribution is 1.01. The third-order valence-electron chi connectivity index (χ3n) is 11.7. The predicted molar refractivity (Wildman–Crippen MR) is 231 cm³/mol. The number of para-hydroxylation sites is 2. The van der Waals surface area contributed by atoms with Crippen molar-refractivity contribution in [1.29, 1.82) is 0 Å². The van der Waals surface area contributed by atoms with E-state index in [0.717, 1.165) is 0 Å². The van der Waals surface area contributed by atoms with Crippen LogP contribution in [0, 0.1) is 0 Å². The number of hydrogen-bond acceptors (Lipinski definition) is 0. The van der Waals surface area contributed by atoms with Crippen LogP contribution in [-0.4, -0.2) is 9.13 Å². The van der Waals surface area contributed by atoms with Crippen molar-refractivity contribution in [2.75, 3.05) is 0 Å². The first-order chi connectivity index (χ1) is 26.6. The number of fused-ring (bicyclic) bond motifs is 8. The molecule has 0 aliphatic rings. The molecule has 11 rings (SSSR count). The highest BCUT2D eigenvalue weighted by molar-refractivity contribution is 6.20. The predicted octanol–water partition coefficient (Wildman–Crippen LogP) is 14.0. The topological polar surface area (TPSA) is 9.86 Å². The Balaban J connectivity index is 1.22. The van der Waals surface area contributed by atoms with E-state index in [9.17, 15) is 0 Å². The summed E-state index contributed by atoms with van der Waals surface area (Å²) in [4.78, 5) is 0. The summed E-state index contributed by atoms with van der Waals surface area (Å²) in [5.41, 5.74) is 14.8. The first kappa shape index (κ1) is 30.7. The molecule has 0 unspecified atom stereocenters. The van der Waals surface area contributed by atoms with Gasteiger partial charge in [0.1, 0.15) is 0 Å². The summed E-state index contributed by atoms with van der Waals surface area (Å²) < 4.78 is 4.61. The Morgan fingerprint density at radius 1 is 0.259 bits per heavy atom. The van der Waals surface area contributed by atoms with Gasteiger partial charge in [-0.2, -0.15) is 0 Å². The van der Waals surface area contributed by atoms with E-state index < -0.39 is 0 Å². The highest BCUT2D eigenvalue weighted by Gasteiger charge is 2.18. The number of aromatic nitrogens is 2. The van der Waals surface area contributed by atoms with Crippen molar-refractivity contribution in [3.63, 3.8) is 0 Å². The van der Waals surface area contributed by atoms with Crippen molar-refractivity contribution in [3.05, 3.63) is 182 Å². The molecule has 0 fully saturated rings. The second kappa shape index (κ2) is 11.8. The summed E-state index contributed by atoms with van der Waals surface area (Å²) in [6.07, 6.45) is 0. The monoisotopic (exact) mass is 688 g/mol. The van der Waals surface area contributed by atoms with Crippen molar-refractivity contribution in [2.24, 2.45) is 14.1 Å². The molecule has 2 aromatic heterocycles. The van der Waals surface area contributed by atoms with Crippen LogP contribution in [0.15, 0.2) is 182 Å². The standard InChI is InChI=1S/C52H36N2/c1-53-48-23-8-6-17-40(48)46-30-35(25-27-50(46)53)38-19-11-21-42-44(38)32-45-39(36-26-28-51-47(31-36)41-18-7-9-24-49(41)54(51)2)20-12-22-43(45)52(42)37-16-10-15-34(29-37)33-13-4-3-5-14-33/h3-32H,1-2H3.